The van der Waals surface area contributed by atoms with Crippen molar-refractivity contribution in [1.29, 1.82) is 0 Å². The molecule has 0 bridgehead atoms. The number of aliphatic carboxylic acids is 1. The van der Waals surface area contributed by atoms with Crippen LogP contribution in [0.15, 0.2) is 9.98 Å². The van der Waals surface area contributed by atoms with Gasteiger partial charge in [0.05, 0.1) is 6.04 Å². The third-order valence-electron chi connectivity index (χ3n) is 5.45. The zero-order valence-electron chi connectivity index (χ0n) is 22.8. The van der Waals surface area contributed by atoms with Crippen LogP contribution in [0.3, 0.4) is 0 Å². The average Bonchev–Trinajstić information content (AvgIpc) is 2.80. The lowest BCUT2D eigenvalue weighted by Gasteiger charge is -2.27. The third kappa shape index (κ3) is 14.8. The van der Waals surface area contributed by atoms with Crippen molar-refractivity contribution < 1.29 is 24.3 Å². The standard InChI is InChI=1S/C23H46N10O5/c1-12(2)11-16(21(37)38)32-19(35)15(8-6-10-30-23(27)28)31-20(36)17(13(3)4)33-18(34)14(24)7-5-9-29-22(25)26/h12-17H,5-11,24H2,1-4H3,(H,31,36)(H,32,35)(H,33,34)(H,37,38)(H4,25,26,29)(H4,27,28,30)/t14-,15-,16-,17-/m0/s1. The van der Waals surface area contributed by atoms with Crippen molar-refractivity contribution in [3.8, 4) is 0 Å². The summed E-state index contributed by atoms with van der Waals surface area (Å²) < 4.78 is 0. The molecule has 14 N–H and O–H groups in total. The molecule has 0 aromatic rings. The Kier molecular flexibility index (Phi) is 16.1. The molecule has 0 radical (unpaired) electrons. The molecule has 0 saturated heterocycles. The van der Waals surface area contributed by atoms with Crippen LogP contribution in [-0.2, 0) is 19.2 Å². The minimum atomic E-state index is -1.18. The van der Waals surface area contributed by atoms with Crippen LogP contribution in [-0.4, -0.2) is 78.0 Å². The lowest BCUT2D eigenvalue weighted by molar-refractivity contribution is -0.143. The van der Waals surface area contributed by atoms with Crippen LogP contribution < -0.4 is 44.6 Å². The molecule has 0 aliphatic carbocycles. The van der Waals surface area contributed by atoms with E-state index in [0.717, 1.165) is 0 Å². The fraction of sp³-hybridized carbons (Fsp3) is 0.739. The summed E-state index contributed by atoms with van der Waals surface area (Å²) in [6, 6.07) is -4.11. The summed E-state index contributed by atoms with van der Waals surface area (Å²) in [5, 5.41) is 17.3. The molecule has 0 aliphatic rings. The fourth-order valence-corrected chi connectivity index (χ4v) is 3.44. The maximum atomic E-state index is 13.2. The average molecular weight is 543 g/mol. The minimum Gasteiger partial charge on any atom is -0.480 e. The summed E-state index contributed by atoms with van der Waals surface area (Å²) in [6.45, 7) is 7.63. The quantitative estimate of drug-likeness (QED) is 0.0505. The van der Waals surface area contributed by atoms with E-state index in [2.05, 4.69) is 25.9 Å². The molecule has 0 saturated carbocycles. The van der Waals surface area contributed by atoms with Crippen LogP contribution in [0, 0.1) is 11.8 Å². The van der Waals surface area contributed by atoms with E-state index >= 15 is 0 Å². The second-order valence-electron chi connectivity index (χ2n) is 9.82. The first kappa shape index (κ1) is 34.4. The lowest BCUT2D eigenvalue weighted by atomic mass is 10.0. The van der Waals surface area contributed by atoms with Crippen LogP contribution >= 0.6 is 0 Å². The van der Waals surface area contributed by atoms with Crippen molar-refractivity contribution >= 4 is 35.6 Å². The van der Waals surface area contributed by atoms with Crippen molar-refractivity contribution in [3.63, 3.8) is 0 Å². The monoisotopic (exact) mass is 542 g/mol. The topological polar surface area (TPSA) is 279 Å². The van der Waals surface area contributed by atoms with E-state index in [1.165, 1.54) is 0 Å². The van der Waals surface area contributed by atoms with Gasteiger partial charge in [0.2, 0.25) is 17.7 Å². The summed E-state index contributed by atoms with van der Waals surface area (Å²) in [4.78, 5) is 58.1. The van der Waals surface area contributed by atoms with Gasteiger partial charge in [-0.15, -0.1) is 0 Å². The number of carbonyl (C=O) groups excluding carboxylic acids is 3. The maximum Gasteiger partial charge on any atom is 0.326 e. The molecule has 0 aromatic carbocycles. The van der Waals surface area contributed by atoms with Crippen LogP contribution in [0.25, 0.3) is 0 Å². The number of nitrogens with one attached hydrogen (secondary N) is 3. The van der Waals surface area contributed by atoms with Crippen molar-refractivity contribution in [2.45, 2.75) is 84.0 Å². The number of carbonyl (C=O) groups is 4. The lowest BCUT2D eigenvalue weighted by Crippen LogP contribution is -2.58. The summed E-state index contributed by atoms with van der Waals surface area (Å²) >= 11 is 0. The van der Waals surface area contributed by atoms with E-state index in [1.54, 1.807) is 13.8 Å². The summed E-state index contributed by atoms with van der Waals surface area (Å²) in [5.74, 6) is -3.51. The maximum absolute atomic E-state index is 13.2. The molecule has 0 aromatic heterocycles. The highest BCUT2D eigenvalue weighted by atomic mass is 16.4. The predicted octanol–water partition coefficient (Wildman–Crippen LogP) is -2.34. The molecular formula is C23H46N10O5. The molecule has 0 heterocycles. The van der Waals surface area contributed by atoms with E-state index in [-0.39, 0.29) is 49.6 Å². The molecule has 0 rings (SSSR count). The number of carboxylic acids is 1. The summed E-state index contributed by atoms with van der Waals surface area (Å²) in [5.41, 5.74) is 27.2. The van der Waals surface area contributed by atoms with Crippen LogP contribution in [0.2, 0.25) is 0 Å². The Hall–Kier alpha value is -3.62. The summed E-state index contributed by atoms with van der Waals surface area (Å²) in [6.07, 6.45) is 1.42. The number of guanidine groups is 2. The van der Waals surface area contributed by atoms with Gasteiger partial charge >= 0.3 is 5.97 Å². The molecule has 15 nitrogen and oxygen atoms in total. The molecule has 0 spiro atoms. The zero-order chi connectivity index (χ0) is 29.4. The number of aliphatic imine (C=N–C) groups is 2. The Labute approximate surface area is 223 Å². The van der Waals surface area contributed by atoms with Crippen LogP contribution in [0.1, 0.15) is 59.8 Å². The van der Waals surface area contributed by atoms with Gasteiger partial charge in [-0.25, -0.2) is 4.79 Å². The molecule has 38 heavy (non-hydrogen) atoms. The normalized spacial score (nSPS) is 14.1. The first-order valence-corrected chi connectivity index (χ1v) is 12.7. The highest BCUT2D eigenvalue weighted by Crippen LogP contribution is 2.09. The van der Waals surface area contributed by atoms with Crippen LogP contribution in [0.5, 0.6) is 0 Å². The smallest absolute Gasteiger partial charge is 0.326 e. The Morgan fingerprint density at radius 3 is 1.68 bits per heavy atom. The van der Waals surface area contributed by atoms with Gasteiger partial charge in [-0.1, -0.05) is 27.7 Å². The zero-order valence-corrected chi connectivity index (χ0v) is 22.8. The molecule has 218 valence electrons. The number of nitrogens with two attached hydrogens (primary N) is 5. The fourth-order valence-electron chi connectivity index (χ4n) is 3.44. The largest absolute Gasteiger partial charge is 0.480 e. The van der Waals surface area contributed by atoms with E-state index in [9.17, 15) is 24.3 Å². The van der Waals surface area contributed by atoms with Gasteiger partial charge in [0.25, 0.3) is 0 Å². The van der Waals surface area contributed by atoms with Crippen molar-refractivity contribution in [3.05, 3.63) is 0 Å². The predicted molar refractivity (Wildman–Crippen MR) is 146 cm³/mol. The van der Waals surface area contributed by atoms with Crippen molar-refractivity contribution in [1.82, 2.24) is 16.0 Å². The van der Waals surface area contributed by atoms with Gasteiger partial charge in [0.1, 0.15) is 18.1 Å². The minimum absolute atomic E-state index is 0.00974. The first-order valence-electron chi connectivity index (χ1n) is 12.7. The Bertz CT molecular complexity index is 838. The molecule has 15 heteroatoms. The van der Waals surface area contributed by atoms with E-state index in [0.29, 0.717) is 19.4 Å². The molecule has 3 amide bonds. The summed E-state index contributed by atoms with van der Waals surface area (Å²) in [7, 11) is 0. The first-order chi connectivity index (χ1) is 17.6. The third-order valence-corrected chi connectivity index (χ3v) is 5.45. The Morgan fingerprint density at radius 1 is 0.737 bits per heavy atom. The van der Waals surface area contributed by atoms with E-state index < -0.39 is 47.9 Å². The molecule has 0 fully saturated rings. The Morgan fingerprint density at radius 2 is 1.24 bits per heavy atom. The van der Waals surface area contributed by atoms with E-state index in [4.69, 9.17) is 28.7 Å². The SMILES string of the molecule is CC(C)C[C@H](NC(=O)[C@H](CCCN=C(N)N)NC(=O)[C@@H](NC(=O)[C@@H](N)CCCN=C(N)N)C(C)C)C(=O)O. The van der Waals surface area contributed by atoms with Crippen molar-refractivity contribution in [2.75, 3.05) is 13.1 Å². The second-order valence-corrected chi connectivity index (χ2v) is 9.82. The molecule has 4 atom stereocenters. The second kappa shape index (κ2) is 17.8. The number of rotatable bonds is 18. The van der Waals surface area contributed by atoms with E-state index in [1.807, 2.05) is 13.8 Å². The van der Waals surface area contributed by atoms with Gasteiger partial charge in [0, 0.05) is 13.1 Å². The van der Waals surface area contributed by atoms with Gasteiger partial charge < -0.3 is 49.7 Å². The molecular weight excluding hydrogens is 496 g/mol. The van der Waals surface area contributed by atoms with Gasteiger partial charge in [-0.3, -0.25) is 24.4 Å². The number of amides is 3. The number of carboxylic acid groups (broad SMARTS) is 1. The molecule has 0 unspecified atom stereocenters. The number of nitrogens with zero attached hydrogens (tertiary/aromatic N) is 2. The highest BCUT2D eigenvalue weighted by molar-refractivity contribution is 5.94. The van der Waals surface area contributed by atoms with Crippen LogP contribution in [0.4, 0.5) is 0 Å². The number of hydrogen-bond donors (Lipinski definition) is 9. The van der Waals surface area contributed by atoms with Gasteiger partial charge in [0.15, 0.2) is 11.9 Å². The molecule has 0 aliphatic heterocycles. The van der Waals surface area contributed by atoms with Crippen molar-refractivity contribution in [2.24, 2.45) is 50.5 Å². The van der Waals surface area contributed by atoms with Gasteiger partial charge in [-0.05, 0) is 43.9 Å². The highest BCUT2D eigenvalue weighted by Gasteiger charge is 2.31. The van der Waals surface area contributed by atoms with Gasteiger partial charge in [-0.2, -0.15) is 0 Å². The number of hydrogen-bond acceptors (Lipinski definition) is 7. The Balaban J connectivity index is 5.48.